The van der Waals surface area contributed by atoms with Gasteiger partial charge in [0.05, 0.1) is 4.88 Å². The number of aryl methyl sites for hydroxylation is 1. The van der Waals surface area contributed by atoms with E-state index in [1.807, 2.05) is 6.07 Å². The van der Waals surface area contributed by atoms with Gasteiger partial charge in [-0.25, -0.2) is 0 Å². The number of nitrogens with two attached hydrogens (primary N) is 1. The first-order valence-corrected chi connectivity index (χ1v) is 10.00. The Bertz CT molecular complexity index is 919. The zero-order valence-corrected chi connectivity index (χ0v) is 16.8. The molecule has 0 aliphatic heterocycles. The van der Waals surface area contributed by atoms with Crippen LogP contribution >= 0.6 is 11.3 Å². The Morgan fingerprint density at radius 3 is 2.18 bits per heavy atom. The molecule has 28 heavy (non-hydrogen) atoms. The fraction of sp³-hybridized carbons (Fsp3) is 0.182. The normalized spacial score (nSPS) is 11.6. The van der Waals surface area contributed by atoms with Crippen molar-refractivity contribution in [2.75, 3.05) is 17.2 Å². The van der Waals surface area contributed by atoms with E-state index < -0.39 is 0 Å². The van der Waals surface area contributed by atoms with Crippen LogP contribution in [0.1, 0.15) is 29.0 Å². The summed E-state index contributed by atoms with van der Waals surface area (Å²) in [6, 6.07) is 19.7. The minimum atomic E-state index is -0.123. The number of carbonyl (C=O) groups excluding carboxylic acids is 2. The van der Waals surface area contributed by atoms with Crippen LogP contribution in [0.5, 0.6) is 0 Å². The largest absolute Gasteiger partial charge is 0.328 e. The molecule has 0 bridgehead atoms. The molecule has 0 saturated carbocycles. The van der Waals surface area contributed by atoms with Crippen LogP contribution in [0.4, 0.5) is 11.4 Å². The number of nitrogens with one attached hydrogen (secondary N) is 2. The molecule has 4 N–H and O–H groups in total. The Morgan fingerprint density at radius 1 is 0.964 bits per heavy atom. The van der Waals surface area contributed by atoms with Crippen LogP contribution in [0.2, 0.25) is 0 Å². The predicted octanol–water partition coefficient (Wildman–Crippen LogP) is 3.31. The Hall–Kier alpha value is -2.96. The van der Waals surface area contributed by atoms with Gasteiger partial charge < -0.3 is 16.0 Å². The molecule has 3 aromatic rings. The summed E-state index contributed by atoms with van der Waals surface area (Å²) in [5.41, 5.74) is 3.80. The van der Waals surface area contributed by atoms with Gasteiger partial charge in [-0.05, 0) is 42.6 Å². The Labute approximate surface area is 168 Å². The molecule has 1 aromatic heterocycles. The predicted molar refractivity (Wildman–Crippen MR) is 114 cm³/mol. The molecule has 0 saturated heterocycles. The van der Waals surface area contributed by atoms with Gasteiger partial charge in [-0.2, -0.15) is 0 Å². The number of rotatable bonds is 7. The van der Waals surface area contributed by atoms with E-state index in [0.717, 1.165) is 0 Å². The van der Waals surface area contributed by atoms with Crippen LogP contribution in [0, 0.1) is 6.92 Å². The van der Waals surface area contributed by atoms with Crippen LogP contribution in [0.25, 0.3) is 0 Å². The lowest BCUT2D eigenvalue weighted by molar-refractivity contribution is -0.675. The lowest BCUT2D eigenvalue weighted by atomic mass is 10.0. The summed E-state index contributed by atoms with van der Waals surface area (Å²) in [6.45, 7) is 3.84. The van der Waals surface area contributed by atoms with Gasteiger partial charge in [0.15, 0.2) is 6.54 Å². The van der Waals surface area contributed by atoms with Gasteiger partial charge in [0.2, 0.25) is 5.91 Å². The van der Waals surface area contributed by atoms with Crippen molar-refractivity contribution in [1.82, 2.24) is 0 Å². The molecule has 1 atom stereocenters. The first kappa shape index (κ1) is 19.8. The molecule has 5 nitrogen and oxygen atoms in total. The second-order valence-electron chi connectivity index (χ2n) is 6.65. The highest BCUT2D eigenvalue weighted by molar-refractivity contribution is 7.10. The number of thiophene rings is 1. The minimum absolute atomic E-state index is 0.0686. The van der Waals surface area contributed by atoms with Gasteiger partial charge in [0.25, 0.3) is 5.91 Å². The third-order valence-electron chi connectivity index (χ3n) is 4.31. The Morgan fingerprint density at radius 2 is 1.61 bits per heavy atom. The van der Waals surface area contributed by atoms with Crippen LogP contribution in [0.3, 0.4) is 0 Å². The molecule has 2 amide bonds. The van der Waals surface area contributed by atoms with Gasteiger partial charge in [-0.1, -0.05) is 35.9 Å². The fourth-order valence-electron chi connectivity index (χ4n) is 2.94. The second-order valence-corrected chi connectivity index (χ2v) is 7.63. The molecule has 6 heteroatoms. The third kappa shape index (κ3) is 5.52. The summed E-state index contributed by atoms with van der Waals surface area (Å²) in [7, 11) is 0. The lowest BCUT2D eigenvalue weighted by Gasteiger charge is -2.15. The topological polar surface area (TPSA) is 74.8 Å². The van der Waals surface area contributed by atoms with E-state index in [4.69, 9.17) is 0 Å². The van der Waals surface area contributed by atoms with E-state index in [1.165, 1.54) is 22.9 Å². The summed E-state index contributed by atoms with van der Waals surface area (Å²) in [5.74, 6) is -0.192. The van der Waals surface area contributed by atoms with Gasteiger partial charge in [0.1, 0.15) is 6.04 Å². The number of hydrogen-bond acceptors (Lipinski definition) is 3. The second kappa shape index (κ2) is 9.30. The molecule has 0 radical (unpaired) electrons. The van der Waals surface area contributed by atoms with E-state index >= 15 is 0 Å². The van der Waals surface area contributed by atoms with Crippen molar-refractivity contribution in [3.63, 3.8) is 0 Å². The van der Waals surface area contributed by atoms with E-state index in [1.54, 1.807) is 35.6 Å². The van der Waals surface area contributed by atoms with Crippen molar-refractivity contribution in [2.24, 2.45) is 0 Å². The van der Waals surface area contributed by atoms with Crippen molar-refractivity contribution in [3.05, 3.63) is 82.0 Å². The van der Waals surface area contributed by atoms with Crippen LogP contribution < -0.4 is 16.0 Å². The van der Waals surface area contributed by atoms with Crippen molar-refractivity contribution in [3.8, 4) is 0 Å². The number of quaternary nitrogens is 1. The number of carbonyl (C=O) groups is 2. The van der Waals surface area contributed by atoms with Gasteiger partial charge in [0, 0.05) is 23.9 Å². The Kier molecular flexibility index (Phi) is 6.57. The van der Waals surface area contributed by atoms with E-state index in [-0.39, 0.29) is 17.9 Å². The standard InChI is InChI=1S/C22H23N3O2S/c1-15-5-7-17(8-6-15)22(20-4-3-13-28-20)23-14-21(27)25-19-11-9-18(10-12-19)24-16(2)26/h3-13,22-23H,14H2,1-2H3,(H,24,26)(H,25,27)/p+1/t22-/m0/s1. The van der Waals surface area contributed by atoms with Crippen molar-refractivity contribution < 1.29 is 14.9 Å². The monoisotopic (exact) mass is 394 g/mol. The zero-order valence-electron chi connectivity index (χ0n) is 15.9. The molecule has 0 unspecified atom stereocenters. The molecule has 144 valence electrons. The lowest BCUT2D eigenvalue weighted by Crippen LogP contribution is -2.87. The number of benzene rings is 2. The average molecular weight is 395 g/mol. The molecule has 1 heterocycles. The van der Waals surface area contributed by atoms with Crippen molar-refractivity contribution >= 4 is 34.5 Å². The maximum Gasteiger partial charge on any atom is 0.279 e. The molecule has 0 aliphatic carbocycles. The molecule has 0 spiro atoms. The number of anilines is 2. The molecule has 3 rings (SSSR count). The SMILES string of the molecule is CC(=O)Nc1ccc(NC(=O)C[NH2+][C@@H](c2ccc(C)cc2)c2cccs2)cc1. The minimum Gasteiger partial charge on any atom is -0.328 e. The highest BCUT2D eigenvalue weighted by Gasteiger charge is 2.20. The zero-order chi connectivity index (χ0) is 19.9. The highest BCUT2D eigenvalue weighted by atomic mass is 32.1. The smallest absolute Gasteiger partial charge is 0.279 e. The van der Waals surface area contributed by atoms with E-state index in [0.29, 0.717) is 17.9 Å². The third-order valence-corrected chi connectivity index (χ3v) is 5.27. The Balaban J connectivity index is 1.62. The maximum absolute atomic E-state index is 12.4. The van der Waals surface area contributed by atoms with Gasteiger partial charge in [-0.3, -0.25) is 9.59 Å². The molecular formula is C22H24N3O2S+. The quantitative estimate of drug-likeness (QED) is 0.575. The molecule has 0 aliphatic rings. The van der Waals surface area contributed by atoms with Crippen LogP contribution in [-0.4, -0.2) is 18.4 Å². The molecule has 2 aromatic carbocycles. The van der Waals surface area contributed by atoms with E-state index in [9.17, 15) is 9.59 Å². The summed E-state index contributed by atoms with van der Waals surface area (Å²) < 4.78 is 0. The fourth-order valence-corrected chi connectivity index (χ4v) is 3.79. The number of amides is 2. The van der Waals surface area contributed by atoms with E-state index in [2.05, 4.69) is 58.6 Å². The average Bonchev–Trinajstić information content (AvgIpc) is 3.19. The molecular weight excluding hydrogens is 370 g/mol. The summed E-state index contributed by atoms with van der Waals surface area (Å²) in [5, 5.41) is 9.72. The first-order chi connectivity index (χ1) is 13.5. The summed E-state index contributed by atoms with van der Waals surface area (Å²) in [6.07, 6.45) is 0. The van der Waals surface area contributed by atoms with Crippen molar-refractivity contribution in [2.45, 2.75) is 19.9 Å². The van der Waals surface area contributed by atoms with Crippen LogP contribution in [-0.2, 0) is 9.59 Å². The first-order valence-electron chi connectivity index (χ1n) is 9.12. The maximum atomic E-state index is 12.4. The van der Waals surface area contributed by atoms with Crippen LogP contribution in [0.15, 0.2) is 66.0 Å². The summed E-state index contributed by atoms with van der Waals surface area (Å²) >= 11 is 1.69. The number of hydrogen-bond donors (Lipinski definition) is 3. The summed E-state index contributed by atoms with van der Waals surface area (Å²) in [4.78, 5) is 24.7. The molecule has 0 fully saturated rings. The van der Waals surface area contributed by atoms with Crippen molar-refractivity contribution in [1.29, 1.82) is 0 Å². The van der Waals surface area contributed by atoms with Gasteiger partial charge in [-0.15, -0.1) is 11.3 Å². The highest BCUT2D eigenvalue weighted by Crippen LogP contribution is 2.23. The van der Waals surface area contributed by atoms with Gasteiger partial charge >= 0.3 is 0 Å².